The average Bonchev–Trinajstić information content (AvgIpc) is 3.17. The van der Waals surface area contributed by atoms with E-state index in [4.69, 9.17) is 28.0 Å². The lowest BCUT2D eigenvalue weighted by Gasteiger charge is -2.28. The second-order valence-corrected chi connectivity index (χ2v) is 7.69. The number of benzene rings is 2. The van der Waals surface area contributed by atoms with E-state index in [2.05, 4.69) is 21.1 Å². The van der Waals surface area contributed by atoms with Gasteiger partial charge in [0.1, 0.15) is 0 Å². The number of hydrogen-bond donors (Lipinski definition) is 3. The molecule has 3 N–H and O–H groups in total. The van der Waals surface area contributed by atoms with E-state index in [1.54, 1.807) is 13.0 Å². The van der Waals surface area contributed by atoms with Crippen LogP contribution in [0.2, 0.25) is 10.0 Å². The van der Waals surface area contributed by atoms with Crippen LogP contribution >= 0.6 is 23.2 Å². The van der Waals surface area contributed by atoms with Crippen molar-refractivity contribution in [3.63, 3.8) is 0 Å². The summed E-state index contributed by atoms with van der Waals surface area (Å²) in [4.78, 5) is 22.0. The third-order valence-corrected chi connectivity index (χ3v) is 5.08. The molecule has 0 saturated heterocycles. The molecule has 0 spiro atoms. The number of carbonyl (C=O) groups is 1. The van der Waals surface area contributed by atoms with Gasteiger partial charge in [0.05, 0.1) is 12.8 Å². The van der Waals surface area contributed by atoms with Crippen LogP contribution in [0.4, 0.5) is 13.2 Å². The summed E-state index contributed by atoms with van der Waals surface area (Å²) < 4.78 is 42.3. The molecule has 1 unspecified atom stereocenters. The predicted octanol–water partition coefficient (Wildman–Crippen LogP) is 4.99. The molecule has 3 rings (SSSR count). The minimum absolute atomic E-state index is 0.0440. The highest BCUT2D eigenvalue weighted by molar-refractivity contribution is 6.34. The van der Waals surface area contributed by atoms with Crippen molar-refractivity contribution in [3.8, 4) is 0 Å². The Balaban J connectivity index is 1.94. The number of alkyl halides is 3. The van der Waals surface area contributed by atoms with Crippen LogP contribution in [0.25, 0.3) is 5.70 Å². The second kappa shape index (κ2) is 9.41. The fourth-order valence-corrected chi connectivity index (χ4v) is 3.66. The number of amides is 1. The Labute approximate surface area is 191 Å². The molecule has 1 atom stereocenters. The normalized spacial score (nSPS) is 18.4. The standard InChI is InChI=1S/C21H18Cl2F3N3O3/c1-12-7-13(3-4-17(12)19(30)27-5-6-28-31-2)18-11-20(32-29-18,21(24,25)26)14-8-15(22)10-16(23)9-14/h3-11,28-29H,1-2H3,(H,27,30). The van der Waals surface area contributed by atoms with Gasteiger partial charge in [-0.25, -0.2) is 0 Å². The van der Waals surface area contributed by atoms with E-state index in [9.17, 15) is 18.0 Å². The fourth-order valence-electron chi connectivity index (χ4n) is 3.14. The van der Waals surface area contributed by atoms with Gasteiger partial charge in [-0.15, -0.1) is 0 Å². The molecular weight excluding hydrogens is 470 g/mol. The number of hydrogen-bond acceptors (Lipinski definition) is 5. The molecule has 0 saturated carbocycles. The molecule has 1 amide bonds. The minimum atomic E-state index is -4.81. The molecule has 6 nitrogen and oxygen atoms in total. The summed E-state index contributed by atoms with van der Waals surface area (Å²) in [5.41, 5.74) is 3.09. The lowest BCUT2D eigenvalue weighted by atomic mass is 9.91. The van der Waals surface area contributed by atoms with Gasteiger partial charge >= 0.3 is 6.18 Å². The van der Waals surface area contributed by atoms with Crippen LogP contribution < -0.4 is 16.3 Å². The molecule has 11 heteroatoms. The van der Waals surface area contributed by atoms with Gasteiger partial charge in [-0.2, -0.15) is 13.2 Å². The highest BCUT2D eigenvalue weighted by atomic mass is 35.5. The molecular formula is C21H18Cl2F3N3O3. The van der Waals surface area contributed by atoms with Crippen LogP contribution in [0.5, 0.6) is 0 Å². The molecule has 1 aliphatic rings. The molecule has 1 aliphatic heterocycles. The number of aryl methyl sites for hydroxylation is 1. The maximum Gasteiger partial charge on any atom is 0.428 e. The van der Waals surface area contributed by atoms with Crippen LogP contribution in [0.3, 0.4) is 0 Å². The molecule has 1 heterocycles. The summed E-state index contributed by atoms with van der Waals surface area (Å²) in [5, 5.41) is 2.63. The van der Waals surface area contributed by atoms with E-state index >= 15 is 0 Å². The van der Waals surface area contributed by atoms with Crippen LogP contribution in [0.1, 0.15) is 27.0 Å². The summed E-state index contributed by atoms with van der Waals surface area (Å²) in [7, 11) is 1.42. The van der Waals surface area contributed by atoms with Gasteiger partial charge in [0, 0.05) is 33.6 Å². The summed E-state index contributed by atoms with van der Waals surface area (Å²) in [5.74, 6) is -0.397. The third kappa shape index (κ3) is 4.86. The maximum absolute atomic E-state index is 14.1. The zero-order chi connectivity index (χ0) is 23.5. The number of halogens is 5. The summed E-state index contributed by atoms with van der Waals surface area (Å²) in [6, 6.07) is 8.21. The first-order chi connectivity index (χ1) is 15.1. The Hall–Kier alpha value is -2.72. The van der Waals surface area contributed by atoms with Crippen molar-refractivity contribution in [2.75, 3.05) is 7.11 Å². The minimum Gasteiger partial charge on any atom is -0.327 e. The van der Waals surface area contributed by atoms with E-state index in [0.29, 0.717) is 16.7 Å². The molecule has 170 valence electrons. The quantitative estimate of drug-likeness (QED) is 0.500. The Kier molecular flexibility index (Phi) is 7.04. The van der Waals surface area contributed by atoms with Crippen molar-refractivity contribution >= 4 is 34.8 Å². The fraction of sp³-hybridized carbons (Fsp3) is 0.190. The monoisotopic (exact) mass is 487 g/mol. The lowest BCUT2D eigenvalue weighted by molar-refractivity contribution is -0.269. The largest absolute Gasteiger partial charge is 0.428 e. The topological polar surface area (TPSA) is 71.6 Å². The third-order valence-electron chi connectivity index (χ3n) is 4.65. The van der Waals surface area contributed by atoms with E-state index in [-0.39, 0.29) is 21.3 Å². The van der Waals surface area contributed by atoms with Crippen molar-refractivity contribution in [1.82, 2.24) is 16.3 Å². The first kappa shape index (κ1) is 23.9. The maximum atomic E-state index is 14.1. The molecule has 0 bridgehead atoms. The van der Waals surface area contributed by atoms with E-state index in [1.807, 2.05) is 0 Å². The average molecular weight is 488 g/mol. The summed E-state index contributed by atoms with van der Waals surface area (Å²) in [6.07, 6.45) is -1.16. The lowest BCUT2D eigenvalue weighted by Crippen LogP contribution is -2.42. The molecule has 0 aromatic heterocycles. The molecule has 32 heavy (non-hydrogen) atoms. The summed E-state index contributed by atoms with van der Waals surface area (Å²) >= 11 is 11.8. The van der Waals surface area contributed by atoms with Gasteiger partial charge < -0.3 is 5.32 Å². The van der Waals surface area contributed by atoms with Gasteiger partial charge in [-0.05, 0) is 54.5 Å². The van der Waals surface area contributed by atoms with Crippen LogP contribution in [-0.2, 0) is 15.3 Å². The van der Waals surface area contributed by atoms with Gasteiger partial charge in [0.25, 0.3) is 5.91 Å². The van der Waals surface area contributed by atoms with Crippen LogP contribution in [-0.4, -0.2) is 19.2 Å². The molecule has 0 aliphatic carbocycles. The Bertz CT molecular complexity index is 1070. The number of nitrogens with one attached hydrogen (secondary N) is 3. The SMILES string of the molecule is CONC=CNC(=O)c1ccc(C2=CC(c3cc(Cl)cc(Cl)c3)(C(F)(F)F)ON2)cc1C. The van der Waals surface area contributed by atoms with Crippen molar-refractivity contribution in [1.29, 1.82) is 0 Å². The highest BCUT2D eigenvalue weighted by Gasteiger charge is 2.59. The molecule has 0 fully saturated rings. The van der Waals surface area contributed by atoms with Crippen molar-refractivity contribution < 1.29 is 27.6 Å². The Morgan fingerprint density at radius 2 is 1.84 bits per heavy atom. The van der Waals surface area contributed by atoms with Crippen molar-refractivity contribution in [3.05, 3.63) is 87.2 Å². The van der Waals surface area contributed by atoms with Crippen LogP contribution in [0.15, 0.2) is 54.9 Å². The van der Waals surface area contributed by atoms with Gasteiger partial charge in [-0.3, -0.25) is 25.4 Å². The van der Waals surface area contributed by atoms with Crippen molar-refractivity contribution in [2.45, 2.75) is 18.7 Å². The predicted molar refractivity (Wildman–Crippen MR) is 114 cm³/mol. The number of carbonyl (C=O) groups excluding carboxylic acids is 1. The number of hydroxylamine groups is 2. The van der Waals surface area contributed by atoms with E-state index in [0.717, 1.165) is 18.2 Å². The van der Waals surface area contributed by atoms with Gasteiger partial charge in [0.2, 0.25) is 5.60 Å². The molecule has 2 aromatic carbocycles. The van der Waals surface area contributed by atoms with Gasteiger partial charge in [-0.1, -0.05) is 29.3 Å². The summed E-state index contributed by atoms with van der Waals surface area (Å²) in [6.45, 7) is 1.67. The first-order valence-corrected chi connectivity index (χ1v) is 9.88. The first-order valence-electron chi connectivity index (χ1n) is 9.13. The zero-order valence-corrected chi connectivity index (χ0v) is 18.3. The Morgan fingerprint density at radius 1 is 1.16 bits per heavy atom. The zero-order valence-electron chi connectivity index (χ0n) is 16.8. The Morgan fingerprint density at radius 3 is 2.44 bits per heavy atom. The van der Waals surface area contributed by atoms with Crippen LogP contribution in [0, 0.1) is 6.92 Å². The van der Waals surface area contributed by atoms with Gasteiger partial charge in [0.15, 0.2) is 0 Å². The molecule has 2 aromatic rings. The smallest absolute Gasteiger partial charge is 0.327 e. The molecule has 0 radical (unpaired) electrons. The van der Waals surface area contributed by atoms with E-state index in [1.165, 1.54) is 37.7 Å². The van der Waals surface area contributed by atoms with E-state index < -0.39 is 17.7 Å². The van der Waals surface area contributed by atoms with Crippen molar-refractivity contribution in [2.24, 2.45) is 0 Å². The number of rotatable bonds is 6. The second-order valence-electron chi connectivity index (χ2n) is 6.81. The highest BCUT2D eigenvalue weighted by Crippen LogP contribution is 2.48.